The summed E-state index contributed by atoms with van der Waals surface area (Å²) < 4.78 is 17.5. The third-order valence-corrected chi connectivity index (χ3v) is 4.25. The van der Waals surface area contributed by atoms with Gasteiger partial charge in [0, 0.05) is 12.1 Å². The van der Waals surface area contributed by atoms with Crippen LogP contribution in [0.15, 0.2) is 66.6 Å². The van der Waals surface area contributed by atoms with Crippen molar-refractivity contribution >= 4 is 22.6 Å². The molecule has 2 aromatic carbocycles. The maximum Gasteiger partial charge on any atom is 0.275 e. The van der Waals surface area contributed by atoms with E-state index < -0.39 is 27.9 Å². The van der Waals surface area contributed by atoms with Crippen molar-refractivity contribution in [1.82, 2.24) is 10.3 Å². The van der Waals surface area contributed by atoms with Gasteiger partial charge in [-0.1, -0.05) is 18.2 Å². The van der Waals surface area contributed by atoms with Crippen molar-refractivity contribution < 1.29 is 18.7 Å². The van der Waals surface area contributed by atoms with Gasteiger partial charge in [-0.25, -0.2) is 4.21 Å². The summed E-state index contributed by atoms with van der Waals surface area (Å²) in [7, 11) is -1.59. The molecule has 144 valence electrons. The van der Waals surface area contributed by atoms with Gasteiger partial charge in [-0.05, 0) is 37.6 Å². The number of non-ortho nitro benzene ring substituents is 1. The lowest BCUT2D eigenvalue weighted by Crippen LogP contribution is -2.45. The van der Waals surface area contributed by atoms with Gasteiger partial charge in [-0.2, -0.15) is 0 Å². The zero-order valence-electron chi connectivity index (χ0n) is 15.0. The predicted octanol–water partition coefficient (Wildman–Crippen LogP) is 2.82. The minimum absolute atomic E-state index is 0.0538. The summed E-state index contributed by atoms with van der Waals surface area (Å²) in [6.07, 6.45) is -0.888. The number of rotatable bonds is 7. The lowest BCUT2D eigenvalue weighted by Gasteiger charge is -2.16. The first-order valence-electron chi connectivity index (χ1n) is 7.82. The van der Waals surface area contributed by atoms with E-state index in [1.54, 1.807) is 37.3 Å². The number of nitro benzene ring substituents is 1. The van der Waals surface area contributed by atoms with Gasteiger partial charge >= 0.3 is 0 Å². The summed E-state index contributed by atoms with van der Waals surface area (Å²) in [5.74, 6) is -0.167. The molecule has 0 aliphatic carbocycles. The number of carbonyl (C=O) groups excluding carboxylic acids is 1. The number of carbonyl (C=O) groups is 1. The first-order chi connectivity index (χ1) is 12.9. The number of hydrogen-bond acceptors (Lipinski definition) is 5. The highest BCUT2D eigenvalue weighted by atomic mass is 32.2. The van der Waals surface area contributed by atoms with Crippen LogP contribution in [0.4, 0.5) is 5.69 Å². The molecule has 8 nitrogen and oxygen atoms in total. The van der Waals surface area contributed by atoms with Gasteiger partial charge in [0.05, 0.1) is 9.82 Å². The van der Waals surface area contributed by atoms with Crippen molar-refractivity contribution in [3.63, 3.8) is 0 Å². The molecule has 9 heteroatoms. The number of benzene rings is 2. The minimum atomic E-state index is -1.59. The number of ether oxygens (including phenoxy) is 1. The van der Waals surface area contributed by atoms with E-state index in [0.29, 0.717) is 16.2 Å². The van der Waals surface area contributed by atoms with Crippen LogP contribution in [0.25, 0.3) is 0 Å². The molecular formula is C18H21N3O5S. The molecule has 0 fully saturated rings. The zero-order valence-corrected chi connectivity index (χ0v) is 15.8. The fourth-order valence-electron chi connectivity index (χ4n) is 1.92. The summed E-state index contributed by atoms with van der Waals surface area (Å²) in [5.41, 5.74) is 2.81. The molecule has 2 rings (SSSR count). The van der Waals surface area contributed by atoms with Crippen molar-refractivity contribution in [3.05, 3.63) is 77.4 Å². The molecule has 0 radical (unpaired) electrons. The third kappa shape index (κ3) is 6.65. The molecule has 2 atom stereocenters. The molecule has 2 N–H and O–H groups in total. The van der Waals surface area contributed by atoms with Crippen LogP contribution in [0.3, 0.4) is 0 Å². The largest absolute Gasteiger partial charge is 0.481 e. The standard InChI is InChI=1S/C16H17N3O5S.C2H4/c1-11-10-13(19(21)22)8-9-15(11)24-12(2)16(20)17-18-25(23)14-6-4-3-5-7-14;1-2/h3-10,12,18H,1-2H3,(H,17,20);1-2H2. The summed E-state index contributed by atoms with van der Waals surface area (Å²) in [4.78, 5) is 25.2. The predicted molar refractivity (Wildman–Crippen MR) is 103 cm³/mol. The Bertz CT molecular complexity index is 814. The van der Waals surface area contributed by atoms with Gasteiger partial charge in [0.15, 0.2) is 6.10 Å². The van der Waals surface area contributed by atoms with Crippen molar-refractivity contribution in [2.24, 2.45) is 0 Å². The van der Waals surface area contributed by atoms with E-state index in [1.807, 2.05) is 0 Å². The second kappa shape index (κ2) is 10.8. The van der Waals surface area contributed by atoms with Crippen LogP contribution < -0.4 is 15.0 Å². The molecule has 0 aliphatic heterocycles. The van der Waals surface area contributed by atoms with Crippen LogP contribution in [0.1, 0.15) is 12.5 Å². The Labute approximate surface area is 160 Å². The van der Waals surface area contributed by atoms with Crippen LogP contribution in [0, 0.1) is 17.0 Å². The lowest BCUT2D eigenvalue weighted by atomic mass is 10.2. The second-order valence-electron chi connectivity index (χ2n) is 5.14. The van der Waals surface area contributed by atoms with Crippen molar-refractivity contribution in [3.8, 4) is 5.75 Å². The first kappa shape index (κ1) is 22.0. The van der Waals surface area contributed by atoms with Gasteiger partial charge in [0.1, 0.15) is 16.7 Å². The number of nitrogens with one attached hydrogen (secondary N) is 2. The molecule has 0 bridgehead atoms. The van der Waals surface area contributed by atoms with Crippen LogP contribution >= 0.6 is 0 Å². The molecule has 27 heavy (non-hydrogen) atoms. The smallest absolute Gasteiger partial charge is 0.275 e. The molecule has 0 spiro atoms. The Balaban J connectivity index is 0.00000176. The molecular weight excluding hydrogens is 370 g/mol. The molecule has 0 aliphatic rings. The monoisotopic (exact) mass is 391 g/mol. The Kier molecular flexibility index (Phi) is 8.83. The summed E-state index contributed by atoms with van der Waals surface area (Å²) in [6, 6.07) is 12.7. The molecule has 2 aromatic rings. The highest BCUT2D eigenvalue weighted by Gasteiger charge is 2.17. The highest BCUT2D eigenvalue weighted by molar-refractivity contribution is 7.83. The average Bonchev–Trinajstić information content (AvgIpc) is 2.69. The quantitative estimate of drug-likeness (QED) is 0.428. The van der Waals surface area contributed by atoms with Crippen molar-refractivity contribution in [2.75, 3.05) is 0 Å². The number of nitro groups is 1. The summed E-state index contributed by atoms with van der Waals surface area (Å²) in [6.45, 7) is 9.17. The van der Waals surface area contributed by atoms with Gasteiger partial charge in [-0.15, -0.1) is 18.0 Å². The Morgan fingerprint density at radius 2 is 1.85 bits per heavy atom. The van der Waals surface area contributed by atoms with E-state index in [9.17, 15) is 19.1 Å². The number of hydrazine groups is 1. The maximum atomic E-state index is 12.0. The Morgan fingerprint density at radius 1 is 1.22 bits per heavy atom. The van der Waals surface area contributed by atoms with Gasteiger partial charge < -0.3 is 4.74 Å². The fraction of sp³-hybridized carbons (Fsp3) is 0.167. The van der Waals surface area contributed by atoms with Gasteiger partial charge in [0.25, 0.3) is 11.6 Å². The number of nitrogens with zero attached hydrogens (tertiary/aromatic N) is 1. The van der Waals surface area contributed by atoms with E-state index in [0.717, 1.165) is 0 Å². The summed E-state index contributed by atoms with van der Waals surface area (Å²) in [5, 5.41) is 10.7. The van der Waals surface area contributed by atoms with Crippen LogP contribution in [-0.2, 0) is 15.8 Å². The average molecular weight is 391 g/mol. The van der Waals surface area contributed by atoms with E-state index in [4.69, 9.17) is 4.74 Å². The Morgan fingerprint density at radius 3 is 2.41 bits per heavy atom. The van der Waals surface area contributed by atoms with Gasteiger partial charge in [-0.3, -0.25) is 20.3 Å². The summed E-state index contributed by atoms with van der Waals surface area (Å²) >= 11 is 0. The van der Waals surface area contributed by atoms with Crippen molar-refractivity contribution in [1.29, 1.82) is 0 Å². The van der Waals surface area contributed by atoms with E-state index in [1.165, 1.54) is 25.1 Å². The molecule has 1 amide bonds. The van der Waals surface area contributed by atoms with E-state index in [2.05, 4.69) is 23.4 Å². The number of hydrogen-bond donors (Lipinski definition) is 2. The molecule has 0 aromatic heterocycles. The van der Waals surface area contributed by atoms with Crippen molar-refractivity contribution in [2.45, 2.75) is 24.8 Å². The van der Waals surface area contributed by atoms with E-state index in [-0.39, 0.29) is 5.69 Å². The second-order valence-corrected chi connectivity index (χ2v) is 6.35. The Hall–Kier alpha value is -3.04. The molecule has 2 unspecified atom stereocenters. The lowest BCUT2D eigenvalue weighted by molar-refractivity contribution is -0.384. The molecule has 0 saturated carbocycles. The van der Waals surface area contributed by atoms with Crippen LogP contribution in [-0.4, -0.2) is 21.1 Å². The van der Waals surface area contributed by atoms with Gasteiger partial charge in [0.2, 0.25) is 0 Å². The third-order valence-electron chi connectivity index (χ3n) is 3.27. The van der Waals surface area contributed by atoms with E-state index >= 15 is 0 Å². The first-order valence-corrected chi connectivity index (χ1v) is 8.97. The fourth-order valence-corrected chi connectivity index (χ4v) is 2.64. The minimum Gasteiger partial charge on any atom is -0.481 e. The van der Waals surface area contributed by atoms with Crippen LogP contribution in [0.2, 0.25) is 0 Å². The maximum absolute atomic E-state index is 12.0. The highest BCUT2D eigenvalue weighted by Crippen LogP contribution is 2.24. The number of amides is 1. The normalized spacial score (nSPS) is 12.1. The number of aryl methyl sites for hydroxylation is 1. The SMILES string of the molecule is C=C.Cc1cc([N+](=O)[O-])ccc1OC(C)C(=O)NNS(=O)c1ccccc1. The molecule has 0 heterocycles. The zero-order chi connectivity index (χ0) is 20.4. The molecule has 0 saturated heterocycles. The topological polar surface area (TPSA) is 111 Å². The van der Waals surface area contributed by atoms with Crippen LogP contribution in [0.5, 0.6) is 5.75 Å².